The molecule has 0 aromatic carbocycles. The van der Waals surface area contributed by atoms with E-state index in [0.717, 1.165) is 6.54 Å². The number of aryl methyl sites for hydroxylation is 2. The van der Waals surface area contributed by atoms with Gasteiger partial charge in [0.15, 0.2) is 24.8 Å². The zero-order valence-corrected chi connectivity index (χ0v) is 21.6. The molecule has 0 amide bonds. The van der Waals surface area contributed by atoms with Gasteiger partial charge in [0.25, 0.3) is 0 Å². The van der Waals surface area contributed by atoms with E-state index in [0.29, 0.717) is 0 Å². The molecule has 4 heteroatoms. The molecule has 0 aliphatic heterocycles. The number of rotatable bonds is 14. The van der Waals surface area contributed by atoms with Gasteiger partial charge in [-0.2, -0.15) is 0 Å². The van der Waals surface area contributed by atoms with Crippen LogP contribution in [0, 0.1) is 0 Å². The Morgan fingerprint density at radius 3 is 1.38 bits per heavy atom. The van der Waals surface area contributed by atoms with Crippen LogP contribution in [0.5, 0.6) is 0 Å². The summed E-state index contributed by atoms with van der Waals surface area (Å²) in [6, 6.07) is 8.81. The van der Waals surface area contributed by atoms with Gasteiger partial charge in [-0.25, -0.2) is 9.13 Å². The molecule has 0 fully saturated rings. The standard InChI is InChI=1S/C25H40N2.2BrH/c1-3-4-5-6-7-8-9-10-11-12-13-14-19-27-22-17-25(18-23-27)24-15-20-26(2)21-16-24;;/h15-18,20-23H,3-14,19H2,1-2H3;2*1H/q+2;;/p-2. The van der Waals surface area contributed by atoms with Gasteiger partial charge in [0.1, 0.15) is 13.6 Å². The fourth-order valence-corrected chi connectivity index (χ4v) is 3.63. The summed E-state index contributed by atoms with van der Waals surface area (Å²) in [5, 5.41) is 0. The molecule has 0 radical (unpaired) electrons. The summed E-state index contributed by atoms with van der Waals surface area (Å²) in [5.74, 6) is 0. The molecule has 2 nitrogen and oxygen atoms in total. The Morgan fingerprint density at radius 1 is 0.552 bits per heavy atom. The predicted molar refractivity (Wildman–Crippen MR) is 114 cm³/mol. The highest BCUT2D eigenvalue weighted by atomic mass is 79.9. The summed E-state index contributed by atoms with van der Waals surface area (Å²) in [7, 11) is 2.05. The lowest BCUT2D eigenvalue weighted by atomic mass is 10.1. The van der Waals surface area contributed by atoms with Crippen molar-refractivity contribution in [3.63, 3.8) is 0 Å². The Morgan fingerprint density at radius 2 is 0.931 bits per heavy atom. The number of nitrogens with zero attached hydrogens (tertiary/aromatic N) is 2. The van der Waals surface area contributed by atoms with Crippen LogP contribution in [0.15, 0.2) is 49.1 Å². The van der Waals surface area contributed by atoms with E-state index in [1.54, 1.807) is 0 Å². The van der Waals surface area contributed by atoms with Crippen LogP contribution in [-0.2, 0) is 13.6 Å². The fraction of sp³-hybridized carbons (Fsp3) is 0.600. The van der Waals surface area contributed by atoms with Crippen molar-refractivity contribution in [3.05, 3.63) is 49.1 Å². The highest BCUT2D eigenvalue weighted by Gasteiger charge is 2.04. The molecule has 0 saturated heterocycles. The first-order valence-electron chi connectivity index (χ1n) is 11.2. The zero-order chi connectivity index (χ0) is 19.2. The third-order valence-corrected chi connectivity index (χ3v) is 5.47. The lowest BCUT2D eigenvalue weighted by molar-refractivity contribution is -0.697. The van der Waals surface area contributed by atoms with E-state index < -0.39 is 0 Å². The molecule has 0 N–H and O–H groups in total. The summed E-state index contributed by atoms with van der Waals surface area (Å²) in [4.78, 5) is 0. The van der Waals surface area contributed by atoms with Crippen LogP contribution in [0.1, 0.15) is 84.0 Å². The second-order valence-electron chi connectivity index (χ2n) is 7.97. The SMILES string of the molecule is CCCCCCCCCCCCCC[n+]1ccc(-c2cc[n+](C)cc2)cc1.[Br-].[Br-]. The minimum absolute atomic E-state index is 0. The minimum atomic E-state index is 0. The van der Waals surface area contributed by atoms with E-state index in [1.807, 2.05) is 0 Å². The van der Waals surface area contributed by atoms with Gasteiger partial charge in [0.2, 0.25) is 0 Å². The Labute approximate surface area is 200 Å². The normalized spacial score (nSPS) is 10.3. The van der Waals surface area contributed by atoms with Gasteiger partial charge < -0.3 is 34.0 Å². The molecule has 0 aliphatic rings. The molecule has 0 aliphatic carbocycles. The average Bonchev–Trinajstić information content (AvgIpc) is 2.70. The Kier molecular flexibility index (Phi) is 17.6. The van der Waals surface area contributed by atoms with Crippen molar-refractivity contribution in [1.82, 2.24) is 0 Å². The molecule has 0 spiro atoms. The highest BCUT2D eigenvalue weighted by molar-refractivity contribution is 5.60. The monoisotopic (exact) mass is 526 g/mol. The molecular formula is C25H40Br2N2. The lowest BCUT2D eigenvalue weighted by Gasteiger charge is -2.03. The minimum Gasteiger partial charge on any atom is -1.00 e. The fourth-order valence-electron chi connectivity index (χ4n) is 3.63. The smallest absolute Gasteiger partial charge is 0.169 e. The molecule has 29 heavy (non-hydrogen) atoms. The van der Waals surface area contributed by atoms with Crippen molar-refractivity contribution in [2.45, 2.75) is 90.5 Å². The van der Waals surface area contributed by atoms with Gasteiger partial charge in [-0.3, -0.25) is 0 Å². The van der Waals surface area contributed by atoms with Crippen LogP contribution >= 0.6 is 0 Å². The molecule has 2 aromatic rings. The first-order valence-corrected chi connectivity index (χ1v) is 11.2. The predicted octanol–water partition coefficient (Wildman–Crippen LogP) is 0.175. The molecule has 2 rings (SSSR count). The molecule has 2 heterocycles. The molecule has 0 unspecified atom stereocenters. The van der Waals surface area contributed by atoms with Crippen molar-refractivity contribution < 1.29 is 43.1 Å². The van der Waals surface area contributed by atoms with Gasteiger partial charge in [-0.05, 0) is 17.5 Å². The van der Waals surface area contributed by atoms with Crippen molar-refractivity contribution >= 4 is 0 Å². The summed E-state index contributed by atoms with van der Waals surface area (Å²) in [6.45, 7) is 3.43. The number of aromatic nitrogens is 2. The van der Waals surface area contributed by atoms with Crippen molar-refractivity contribution in [3.8, 4) is 11.1 Å². The van der Waals surface area contributed by atoms with Crippen molar-refractivity contribution in [2.24, 2.45) is 7.05 Å². The van der Waals surface area contributed by atoms with Gasteiger partial charge in [-0.15, -0.1) is 0 Å². The first kappa shape index (κ1) is 28.3. The molecule has 2 aromatic heterocycles. The number of pyridine rings is 2. The third-order valence-electron chi connectivity index (χ3n) is 5.47. The van der Waals surface area contributed by atoms with Crippen molar-refractivity contribution in [2.75, 3.05) is 0 Å². The zero-order valence-electron chi connectivity index (χ0n) is 18.5. The average molecular weight is 528 g/mol. The van der Waals surface area contributed by atoms with E-state index >= 15 is 0 Å². The van der Waals surface area contributed by atoms with Crippen LogP contribution in [0.3, 0.4) is 0 Å². The Balaban J connectivity index is 0.00000392. The molecule has 0 saturated carbocycles. The number of unbranched alkanes of at least 4 members (excludes halogenated alkanes) is 11. The van der Waals surface area contributed by atoms with Gasteiger partial charge >= 0.3 is 0 Å². The largest absolute Gasteiger partial charge is 1.00 e. The highest BCUT2D eigenvalue weighted by Crippen LogP contribution is 2.15. The summed E-state index contributed by atoms with van der Waals surface area (Å²) in [6.07, 6.45) is 25.6. The van der Waals surface area contributed by atoms with Crippen LogP contribution in [0.25, 0.3) is 11.1 Å². The topological polar surface area (TPSA) is 7.76 Å². The van der Waals surface area contributed by atoms with Gasteiger partial charge in [0.05, 0.1) is 0 Å². The first-order chi connectivity index (χ1) is 13.3. The van der Waals surface area contributed by atoms with E-state index in [1.165, 1.54) is 88.2 Å². The number of hydrogen-bond acceptors (Lipinski definition) is 0. The molecular weight excluding hydrogens is 488 g/mol. The van der Waals surface area contributed by atoms with E-state index in [4.69, 9.17) is 0 Å². The van der Waals surface area contributed by atoms with Crippen LogP contribution in [0.4, 0.5) is 0 Å². The maximum Gasteiger partial charge on any atom is 0.169 e. The molecule has 164 valence electrons. The lowest BCUT2D eigenvalue weighted by Crippen LogP contribution is -3.00. The summed E-state index contributed by atoms with van der Waals surface area (Å²) >= 11 is 0. The van der Waals surface area contributed by atoms with E-state index in [9.17, 15) is 0 Å². The Bertz CT molecular complexity index is 612. The van der Waals surface area contributed by atoms with Gasteiger partial charge in [-0.1, -0.05) is 71.1 Å². The number of hydrogen-bond donors (Lipinski definition) is 0. The molecule has 0 atom stereocenters. The van der Waals surface area contributed by atoms with E-state index in [2.05, 4.69) is 72.2 Å². The third kappa shape index (κ3) is 12.5. The van der Waals surface area contributed by atoms with Gasteiger partial charge in [0, 0.05) is 30.7 Å². The quantitative estimate of drug-likeness (QED) is 0.244. The van der Waals surface area contributed by atoms with Crippen LogP contribution < -0.4 is 43.1 Å². The maximum absolute atomic E-state index is 2.32. The maximum atomic E-state index is 2.32. The van der Waals surface area contributed by atoms with Crippen LogP contribution in [-0.4, -0.2) is 0 Å². The molecule has 0 bridgehead atoms. The summed E-state index contributed by atoms with van der Waals surface area (Å²) in [5.41, 5.74) is 2.58. The second-order valence-corrected chi connectivity index (χ2v) is 7.97. The van der Waals surface area contributed by atoms with E-state index in [-0.39, 0.29) is 34.0 Å². The Hall–Kier alpha value is -0.740. The van der Waals surface area contributed by atoms with Crippen molar-refractivity contribution in [1.29, 1.82) is 0 Å². The second kappa shape index (κ2) is 18.1. The summed E-state index contributed by atoms with van der Waals surface area (Å²) < 4.78 is 4.39. The van der Waals surface area contributed by atoms with Crippen LogP contribution in [0.2, 0.25) is 0 Å². The number of halogens is 2.